The van der Waals surface area contributed by atoms with Crippen LogP contribution in [0.1, 0.15) is 126 Å². The number of hydrogen-bond acceptors (Lipinski definition) is 1. The molecule has 1 nitrogen and oxygen atoms in total. The second-order valence-electron chi connectivity index (χ2n) is 10.3. The van der Waals surface area contributed by atoms with Gasteiger partial charge in [0, 0.05) is 0 Å². The molecule has 0 aromatic heterocycles. The van der Waals surface area contributed by atoms with Crippen LogP contribution < -0.4 is 0 Å². The van der Waals surface area contributed by atoms with Crippen molar-refractivity contribution in [3.63, 3.8) is 0 Å². The minimum atomic E-state index is -0.235. The van der Waals surface area contributed by atoms with Gasteiger partial charge in [0.15, 0.2) is 0 Å². The molecule has 0 saturated carbocycles. The van der Waals surface area contributed by atoms with E-state index in [9.17, 15) is 5.11 Å². The molecule has 188 valence electrons. The Morgan fingerprint density at radius 3 is 1.12 bits per heavy atom. The molecule has 1 unspecified atom stereocenters. The summed E-state index contributed by atoms with van der Waals surface area (Å²) < 4.78 is 0. The quantitative estimate of drug-likeness (QED) is 0.171. The minimum Gasteiger partial charge on any atom is -0.393 e. The van der Waals surface area contributed by atoms with Crippen molar-refractivity contribution in [1.29, 1.82) is 0 Å². The fourth-order valence-corrected chi connectivity index (χ4v) is 3.84. The van der Waals surface area contributed by atoms with Crippen molar-refractivity contribution in [2.24, 2.45) is 0 Å². The molecule has 1 N–H and O–H groups in total. The molecular formula is C32H54O. The number of allylic oxidation sites excluding steroid dienone is 11. The molecule has 0 fully saturated rings. The number of hydrogen-bond donors (Lipinski definition) is 1. The lowest BCUT2D eigenvalue weighted by molar-refractivity contribution is 0.195. The predicted molar refractivity (Wildman–Crippen MR) is 151 cm³/mol. The third-order valence-corrected chi connectivity index (χ3v) is 5.96. The predicted octanol–water partition coefficient (Wildman–Crippen LogP) is 10.4. The third kappa shape index (κ3) is 22.0. The highest BCUT2D eigenvalue weighted by molar-refractivity contribution is 5.08. The first-order valence-corrected chi connectivity index (χ1v) is 13.2. The Kier molecular flexibility index (Phi) is 18.9. The maximum atomic E-state index is 9.43. The van der Waals surface area contributed by atoms with Crippen molar-refractivity contribution in [2.75, 3.05) is 0 Å². The van der Waals surface area contributed by atoms with Gasteiger partial charge in [-0.25, -0.2) is 0 Å². The van der Waals surface area contributed by atoms with Crippen LogP contribution in [-0.2, 0) is 0 Å². The van der Waals surface area contributed by atoms with E-state index in [0.717, 1.165) is 44.9 Å². The van der Waals surface area contributed by atoms with E-state index in [2.05, 4.69) is 84.9 Å². The van der Waals surface area contributed by atoms with Gasteiger partial charge in [-0.1, -0.05) is 69.9 Å². The van der Waals surface area contributed by atoms with Crippen molar-refractivity contribution in [3.05, 3.63) is 69.9 Å². The Balaban J connectivity index is 4.10. The van der Waals surface area contributed by atoms with Crippen molar-refractivity contribution in [2.45, 2.75) is 132 Å². The average Bonchev–Trinajstić information content (AvgIpc) is 2.70. The zero-order valence-corrected chi connectivity index (χ0v) is 23.3. The molecule has 0 spiro atoms. The third-order valence-electron chi connectivity index (χ3n) is 5.96. The molecule has 0 aliphatic rings. The summed E-state index contributed by atoms with van der Waals surface area (Å²) >= 11 is 0. The summed E-state index contributed by atoms with van der Waals surface area (Å²) in [6.07, 6.45) is 26.3. The van der Waals surface area contributed by atoms with E-state index in [-0.39, 0.29) is 6.10 Å². The first kappa shape index (κ1) is 31.4. The number of rotatable bonds is 17. The van der Waals surface area contributed by atoms with E-state index >= 15 is 0 Å². The molecule has 0 saturated heterocycles. The molecule has 33 heavy (non-hydrogen) atoms. The summed E-state index contributed by atoms with van der Waals surface area (Å²) in [4.78, 5) is 0. The van der Waals surface area contributed by atoms with E-state index in [0.29, 0.717) is 0 Å². The largest absolute Gasteiger partial charge is 0.393 e. The number of aliphatic hydroxyl groups is 1. The Morgan fingerprint density at radius 2 is 0.788 bits per heavy atom. The average molecular weight is 455 g/mol. The van der Waals surface area contributed by atoms with Crippen LogP contribution in [0.3, 0.4) is 0 Å². The molecule has 1 heteroatoms. The minimum absolute atomic E-state index is 0.235. The van der Waals surface area contributed by atoms with Crippen LogP contribution in [0, 0.1) is 0 Å². The van der Waals surface area contributed by atoms with Crippen LogP contribution in [0.25, 0.3) is 0 Å². The highest BCUT2D eigenvalue weighted by Crippen LogP contribution is 2.15. The van der Waals surface area contributed by atoms with Gasteiger partial charge in [0.2, 0.25) is 0 Å². The van der Waals surface area contributed by atoms with Gasteiger partial charge in [-0.15, -0.1) is 0 Å². The number of aliphatic hydroxyl groups excluding tert-OH is 1. The Morgan fingerprint density at radius 1 is 0.485 bits per heavy atom. The smallest absolute Gasteiger partial charge is 0.0549 e. The lowest BCUT2D eigenvalue weighted by Gasteiger charge is -2.05. The van der Waals surface area contributed by atoms with Crippen molar-refractivity contribution in [1.82, 2.24) is 0 Å². The van der Waals surface area contributed by atoms with Gasteiger partial charge in [0.25, 0.3) is 0 Å². The highest BCUT2D eigenvalue weighted by atomic mass is 16.3. The lowest BCUT2D eigenvalue weighted by atomic mass is 10.0. The van der Waals surface area contributed by atoms with E-state index in [1.165, 1.54) is 59.1 Å². The van der Waals surface area contributed by atoms with Crippen LogP contribution in [-0.4, -0.2) is 11.2 Å². The van der Waals surface area contributed by atoms with Crippen LogP contribution in [0.2, 0.25) is 0 Å². The van der Waals surface area contributed by atoms with Gasteiger partial charge >= 0.3 is 0 Å². The fraction of sp³-hybridized carbons (Fsp3) is 0.625. The van der Waals surface area contributed by atoms with Crippen molar-refractivity contribution >= 4 is 0 Å². The van der Waals surface area contributed by atoms with Gasteiger partial charge in [-0.05, 0) is 126 Å². The molecule has 0 bridgehead atoms. The monoisotopic (exact) mass is 454 g/mol. The van der Waals surface area contributed by atoms with Gasteiger partial charge < -0.3 is 5.11 Å². The van der Waals surface area contributed by atoms with Crippen LogP contribution >= 0.6 is 0 Å². The van der Waals surface area contributed by atoms with Crippen LogP contribution in [0.15, 0.2) is 69.9 Å². The first-order valence-electron chi connectivity index (χ1n) is 13.2. The van der Waals surface area contributed by atoms with E-state index in [1.54, 1.807) is 0 Å². The van der Waals surface area contributed by atoms with Crippen molar-refractivity contribution < 1.29 is 5.11 Å². The van der Waals surface area contributed by atoms with Crippen LogP contribution in [0.5, 0.6) is 0 Å². The molecule has 0 aromatic rings. The first-order chi connectivity index (χ1) is 15.6. The summed E-state index contributed by atoms with van der Waals surface area (Å²) in [5.74, 6) is 0. The molecule has 0 radical (unpaired) electrons. The molecule has 0 amide bonds. The van der Waals surface area contributed by atoms with Gasteiger partial charge in [-0.3, -0.25) is 0 Å². The molecule has 0 aliphatic carbocycles. The van der Waals surface area contributed by atoms with E-state index in [1.807, 2.05) is 6.92 Å². The van der Waals surface area contributed by atoms with E-state index < -0.39 is 0 Å². The molecular weight excluding hydrogens is 400 g/mol. The zero-order chi connectivity index (χ0) is 25.1. The molecule has 0 rings (SSSR count). The standard InChI is InChI=1S/C32H54O/c1-26(2)15-11-18-29(5)21-12-19-27(3)16-9-10-17-28(4)20-13-22-30(6)23-14-24-31(7)25-32(8)33/h15-17,21-22,24,32-33H,9-14,18-20,23,25H2,1-8H3/b27-16+,28-17+,29-21+,30-22+,31-24+. The van der Waals surface area contributed by atoms with Crippen LogP contribution in [0.4, 0.5) is 0 Å². The summed E-state index contributed by atoms with van der Waals surface area (Å²) in [7, 11) is 0. The molecule has 0 heterocycles. The number of unbranched alkanes of at least 4 members (excludes halogenated alkanes) is 1. The summed E-state index contributed by atoms with van der Waals surface area (Å²) in [6, 6.07) is 0. The van der Waals surface area contributed by atoms with Gasteiger partial charge in [-0.2, -0.15) is 0 Å². The van der Waals surface area contributed by atoms with E-state index in [4.69, 9.17) is 0 Å². The van der Waals surface area contributed by atoms with Gasteiger partial charge in [0.1, 0.15) is 0 Å². The highest BCUT2D eigenvalue weighted by Gasteiger charge is 1.97. The SMILES string of the molecule is CC(C)=CCC/C(C)=C/CC/C(C)=C/CC/C=C(\C)CC/C=C(\C)CC/C=C(\C)CC(C)O. The second kappa shape index (κ2) is 19.8. The fourth-order valence-electron chi connectivity index (χ4n) is 3.84. The normalized spacial score (nSPS) is 15.1. The summed E-state index contributed by atoms with van der Waals surface area (Å²) in [5.41, 5.74) is 8.73. The second-order valence-corrected chi connectivity index (χ2v) is 10.3. The Bertz CT molecular complexity index is 703. The molecule has 1 atom stereocenters. The maximum Gasteiger partial charge on any atom is 0.0549 e. The molecule has 0 aliphatic heterocycles. The maximum absolute atomic E-state index is 9.43. The Hall–Kier alpha value is -1.60. The summed E-state index contributed by atoms with van der Waals surface area (Å²) in [6.45, 7) is 17.4. The topological polar surface area (TPSA) is 20.2 Å². The van der Waals surface area contributed by atoms with Crippen molar-refractivity contribution in [3.8, 4) is 0 Å². The Labute approximate surface area is 207 Å². The lowest BCUT2D eigenvalue weighted by Crippen LogP contribution is -1.99. The summed E-state index contributed by atoms with van der Waals surface area (Å²) in [5, 5.41) is 9.43. The molecule has 0 aromatic carbocycles. The van der Waals surface area contributed by atoms with Gasteiger partial charge in [0.05, 0.1) is 6.10 Å². The zero-order valence-electron chi connectivity index (χ0n) is 23.3.